The van der Waals surface area contributed by atoms with E-state index >= 15 is 0 Å². The number of amides is 1. The Kier molecular flexibility index (Phi) is 4.08. The van der Waals surface area contributed by atoms with Crippen LogP contribution in [0.5, 0.6) is 0 Å². The Morgan fingerprint density at radius 1 is 1.12 bits per heavy atom. The third-order valence-corrected chi connectivity index (χ3v) is 5.17. The molecule has 2 heterocycles. The highest BCUT2D eigenvalue weighted by atomic mass is 19.1. The Bertz CT molecular complexity index is 738. The van der Waals surface area contributed by atoms with Crippen LogP contribution in [-0.2, 0) is 12.8 Å². The lowest BCUT2D eigenvalue weighted by Gasteiger charge is -2.35. The van der Waals surface area contributed by atoms with Crippen molar-refractivity contribution < 1.29 is 13.7 Å². The third-order valence-electron chi connectivity index (χ3n) is 5.17. The summed E-state index contributed by atoms with van der Waals surface area (Å²) in [5.74, 6) is 0.0927. The van der Waals surface area contributed by atoms with Crippen molar-refractivity contribution in [3.8, 4) is 0 Å². The third kappa shape index (κ3) is 2.72. The molecule has 0 N–H and O–H groups in total. The standard InChI is InChI=1S/C19H21FN2O2/c20-14-10-8-13(9-11-14)17-7-3-4-12-22(17)19(23)18-15-5-1-2-6-16(15)21-24-18/h8-11,17H,1-7,12H2/t17-/m1/s1. The van der Waals surface area contributed by atoms with E-state index < -0.39 is 0 Å². The molecule has 0 spiro atoms. The Balaban J connectivity index is 1.64. The summed E-state index contributed by atoms with van der Waals surface area (Å²) in [5, 5.41) is 4.11. The fourth-order valence-electron chi connectivity index (χ4n) is 3.90. The van der Waals surface area contributed by atoms with Crippen molar-refractivity contribution in [2.75, 3.05) is 6.54 Å². The molecule has 0 saturated carbocycles. The van der Waals surface area contributed by atoms with E-state index in [1.807, 2.05) is 4.90 Å². The van der Waals surface area contributed by atoms with E-state index in [1.165, 1.54) is 12.1 Å². The highest BCUT2D eigenvalue weighted by Crippen LogP contribution is 2.34. The Morgan fingerprint density at radius 3 is 2.75 bits per heavy atom. The van der Waals surface area contributed by atoms with Crippen molar-refractivity contribution in [1.29, 1.82) is 0 Å². The molecule has 126 valence electrons. The van der Waals surface area contributed by atoms with Gasteiger partial charge in [-0.05, 0) is 62.6 Å². The molecule has 1 saturated heterocycles. The summed E-state index contributed by atoms with van der Waals surface area (Å²) in [6.45, 7) is 0.705. The predicted molar refractivity (Wildman–Crippen MR) is 87.2 cm³/mol. The number of benzene rings is 1. The van der Waals surface area contributed by atoms with Crippen molar-refractivity contribution >= 4 is 5.91 Å². The first-order chi connectivity index (χ1) is 11.7. The van der Waals surface area contributed by atoms with E-state index in [4.69, 9.17) is 4.52 Å². The second kappa shape index (κ2) is 6.38. The van der Waals surface area contributed by atoms with Gasteiger partial charge in [-0.3, -0.25) is 4.79 Å². The number of rotatable bonds is 2. The smallest absolute Gasteiger partial charge is 0.293 e. The van der Waals surface area contributed by atoms with Crippen molar-refractivity contribution in [2.24, 2.45) is 0 Å². The molecule has 2 aromatic rings. The Morgan fingerprint density at radius 2 is 1.92 bits per heavy atom. The average Bonchev–Trinajstić information content (AvgIpc) is 3.06. The molecule has 4 rings (SSSR count). The van der Waals surface area contributed by atoms with Gasteiger partial charge in [0, 0.05) is 12.1 Å². The van der Waals surface area contributed by atoms with Crippen molar-refractivity contribution in [3.05, 3.63) is 52.7 Å². The number of hydrogen-bond acceptors (Lipinski definition) is 3. The summed E-state index contributed by atoms with van der Waals surface area (Å²) in [7, 11) is 0. The summed E-state index contributed by atoms with van der Waals surface area (Å²) >= 11 is 0. The van der Waals surface area contributed by atoms with Gasteiger partial charge in [-0.15, -0.1) is 0 Å². The lowest BCUT2D eigenvalue weighted by molar-refractivity contribution is 0.0567. The van der Waals surface area contributed by atoms with Gasteiger partial charge < -0.3 is 9.42 Å². The van der Waals surface area contributed by atoms with Gasteiger partial charge in [0.05, 0.1) is 11.7 Å². The molecule has 0 bridgehead atoms. The van der Waals surface area contributed by atoms with Crippen LogP contribution in [-0.4, -0.2) is 22.5 Å². The van der Waals surface area contributed by atoms with E-state index in [2.05, 4.69) is 5.16 Å². The maximum Gasteiger partial charge on any atom is 0.293 e. The average molecular weight is 328 g/mol. The Hall–Kier alpha value is -2.17. The number of halogens is 1. The van der Waals surface area contributed by atoms with Crippen LogP contribution in [0.25, 0.3) is 0 Å². The fraction of sp³-hybridized carbons (Fsp3) is 0.474. The molecule has 1 aromatic carbocycles. The molecule has 1 amide bonds. The molecule has 0 unspecified atom stereocenters. The molecule has 1 atom stereocenters. The van der Waals surface area contributed by atoms with Crippen LogP contribution in [0.3, 0.4) is 0 Å². The molecule has 0 radical (unpaired) electrons. The summed E-state index contributed by atoms with van der Waals surface area (Å²) < 4.78 is 18.7. The minimum absolute atomic E-state index is 0.0174. The van der Waals surface area contributed by atoms with Gasteiger partial charge in [-0.25, -0.2) is 4.39 Å². The van der Waals surface area contributed by atoms with Crippen LogP contribution >= 0.6 is 0 Å². The SMILES string of the molecule is O=C(c1onc2c1CCCC2)N1CCCC[C@@H]1c1ccc(F)cc1. The van der Waals surface area contributed by atoms with E-state index in [1.54, 1.807) is 12.1 Å². The number of fused-ring (bicyclic) bond motifs is 1. The Labute approximate surface area is 140 Å². The first kappa shape index (κ1) is 15.4. The van der Waals surface area contributed by atoms with Crippen LogP contribution in [0, 0.1) is 5.82 Å². The zero-order valence-corrected chi connectivity index (χ0v) is 13.6. The molecular formula is C19H21FN2O2. The van der Waals surface area contributed by atoms with Crippen molar-refractivity contribution in [2.45, 2.75) is 51.0 Å². The number of aryl methyl sites for hydroxylation is 1. The molecular weight excluding hydrogens is 307 g/mol. The van der Waals surface area contributed by atoms with Crippen molar-refractivity contribution in [3.63, 3.8) is 0 Å². The number of carbonyl (C=O) groups excluding carboxylic acids is 1. The van der Waals surface area contributed by atoms with E-state index in [-0.39, 0.29) is 17.8 Å². The molecule has 5 heteroatoms. The molecule has 1 aromatic heterocycles. The van der Waals surface area contributed by atoms with Crippen LogP contribution in [0.15, 0.2) is 28.8 Å². The van der Waals surface area contributed by atoms with Gasteiger partial charge in [0.15, 0.2) is 0 Å². The number of likely N-dealkylation sites (tertiary alicyclic amines) is 1. The molecule has 1 aliphatic heterocycles. The summed E-state index contributed by atoms with van der Waals surface area (Å²) in [6.07, 6.45) is 6.90. The maximum atomic E-state index is 13.2. The van der Waals surface area contributed by atoms with Gasteiger partial charge in [-0.2, -0.15) is 0 Å². The number of nitrogens with zero attached hydrogens (tertiary/aromatic N) is 2. The highest BCUT2D eigenvalue weighted by Gasteiger charge is 2.33. The molecule has 1 aliphatic carbocycles. The summed E-state index contributed by atoms with van der Waals surface area (Å²) in [6, 6.07) is 6.46. The lowest BCUT2D eigenvalue weighted by Crippen LogP contribution is -2.38. The number of carbonyl (C=O) groups is 1. The van der Waals surface area contributed by atoms with Gasteiger partial charge in [0.1, 0.15) is 5.82 Å². The fourth-order valence-corrected chi connectivity index (χ4v) is 3.90. The zero-order valence-electron chi connectivity index (χ0n) is 13.6. The minimum atomic E-state index is -0.253. The second-order valence-electron chi connectivity index (χ2n) is 6.71. The topological polar surface area (TPSA) is 46.3 Å². The first-order valence-electron chi connectivity index (χ1n) is 8.78. The number of piperidine rings is 1. The largest absolute Gasteiger partial charge is 0.350 e. The molecule has 24 heavy (non-hydrogen) atoms. The number of hydrogen-bond donors (Lipinski definition) is 0. The van der Waals surface area contributed by atoms with Gasteiger partial charge >= 0.3 is 0 Å². The zero-order chi connectivity index (χ0) is 16.5. The quantitative estimate of drug-likeness (QED) is 0.835. The van der Waals surface area contributed by atoms with Crippen LogP contribution < -0.4 is 0 Å². The van der Waals surface area contributed by atoms with Gasteiger partial charge in [-0.1, -0.05) is 17.3 Å². The van der Waals surface area contributed by atoms with E-state index in [0.29, 0.717) is 12.3 Å². The highest BCUT2D eigenvalue weighted by molar-refractivity contribution is 5.93. The van der Waals surface area contributed by atoms with Crippen LogP contribution in [0.4, 0.5) is 4.39 Å². The van der Waals surface area contributed by atoms with Gasteiger partial charge in [0.25, 0.3) is 5.91 Å². The van der Waals surface area contributed by atoms with Gasteiger partial charge in [0.2, 0.25) is 5.76 Å². The molecule has 2 aliphatic rings. The number of aromatic nitrogens is 1. The van der Waals surface area contributed by atoms with Crippen LogP contribution in [0.2, 0.25) is 0 Å². The van der Waals surface area contributed by atoms with Crippen molar-refractivity contribution in [1.82, 2.24) is 10.1 Å². The molecule has 4 nitrogen and oxygen atoms in total. The van der Waals surface area contributed by atoms with E-state index in [0.717, 1.165) is 61.8 Å². The summed E-state index contributed by atoms with van der Waals surface area (Å²) in [4.78, 5) is 15.0. The lowest BCUT2D eigenvalue weighted by atomic mass is 9.93. The summed E-state index contributed by atoms with van der Waals surface area (Å²) in [5.41, 5.74) is 2.92. The minimum Gasteiger partial charge on any atom is -0.350 e. The molecule has 1 fully saturated rings. The maximum absolute atomic E-state index is 13.2. The van der Waals surface area contributed by atoms with E-state index in [9.17, 15) is 9.18 Å². The second-order valence-corrected chi connectivity index (χ2v) is 6.71. The normalized spacial score (nSPS) is 20.7. The monoisotopic (exact) mass is 328 g/mol. The predicted octanol–water partition coefficient (Wildman–Crippen LogP) is 4.06. The first-order valence-corrected chi connectivity index (χ1v) is 8.78. The van der Waals surface area contributed by atoms with Crippen LogP contribution in [0.1, 0.15) is 65.5 Å².